The van der Waals surface area contributed by atoms with Gasteiger partial charge in [-0.2, -0.15) is 0 Å². The molecule has 0 bridgehead atoms. The Balaban J connectivity index is 4.19. The van der Waals surface area contributed by atoms with Crippen molar-refractivity contribution in [3.05, 3.63) is 12.2 Å². The highest BCUT2D eigenvalue weighted by molar-refractivity contribution is 5.79. The third kappa shape index (κ3) is 8.61. The lowest BCUT2D eigenvalue weighted by Crippen LogP contribution is -2.43. The SMILES string of the molecule is C/C=C/CCC[C@@H](NC(=O)OC(C)(C)C)C(=O)O. The summed E-state index contributed by atoms with van der Waals surface area (Å²) in [6.45, 7) is 7.10. The van der Waals surface area contributed by atoms with Gasteiger partial charge in [-0.1, -0.05) is 12.2 Å². The number of carboxylic acids is 1. The average Bonchev–Trinajstić information content (AvgIpc) is 2.19. The van der Waals surface area contributed by atoms with Gasteiger partial charge in [0.05, 0.1) is 0 Å². The van der Waals surface area contributed by atoms with Gasteiger partial charge in [0.25, 0.3) is 0 Å². The van der Waals surface area contributed by atoms with Crippen LogP contribution in [0.5, 0.6) is 0 Å². The lowest BCUT2D eigenvalue weighted by atomic mass is 10.1. The maximum Gasteiger partial charge on any atom is 0.408 e. The number of carbonyl (C=O) groups excluding carboxylic acids is 1. The van der Waals surface area contributed by atoms with Crippen molar-refractivity contribution >= 4 is 12.1 Å². The topological polar surface area (TPSA) is 75.6 Å². The number of ether oxygens (including phenoxy) is 1. The van der Waals surface area contributed by atoms with Crippen LogP contribution in [0.2, 0.25) is 0 Å². The number of hydrogen-bond donors (Lipinski definition) is 2. The molecule has 0 aliphatic rings. The van der Waals surface area contributed by atoms with E-state index in [0.717, 1.165) is 6.42 Å². The minimum atomic E-state index is -1.04. The van der Waals surface area contributed by atoms with Gasteiger partial charge in [-0.25, -0.2) is 9.59 Å². The van der Waals surface area contributed by atoms with Gasteiger partial charge in [0, 0.05) is 0 Å². The summed E-state index contributed by atoms with van der Waals surface area (Å²) in [5.74, 6) is -1.04. The Morgan fingerprint density at radius 2 is 2.00 bits per heavy atom. The molecule has 0 rings (SSSR count). The molecule has 0 unspecified atom stereocenters. The predicted octanol–water partition coefficient (Wildman–Crippen LogP) is 2.71. The Bertz CT molecular complexity index is 305. The number of carbonyl (C=O) groups is 2. The van der Waals surface area contributed by atoms with Gasteiger partial charge in [-0.3, -0.25) is 0 Å². The highest BCUT2D eigenvalue weighted by Gasteiger charge is 2.23. The molecule has 5 heteroatoms. The Kier molecular flexibility index (Phi) is 7.08. The first-order chi connectivity index (χ1) is 8.26. The molecule has 0 heterocycles. The van der Waals surface area contributed by atoms with Gasteiger partial charge in [0.1, 0.15) is 11.6 Å². The molecule has 0 saturated carbocycles. The molecule has 1 amide bonds. The van der Waals surface area contributed by atoms with Crippen LogP contribution in [0.1, 0.15) is 47.0 Å². The average molecular weight is 257 g/mol. The predicted molar refractivity (Wildman–Crippen MR) is 69.5 cm³/mol. The Hall–Kier alpha value is -1.52. The van der Waals surface area contributed by atoms with E-state index in [0.29, 0.717) is 12.8 Å². The summed E-state index contributed by atoms with van der Waals surface area (Å²) < 4.78 is 5.02. The van der Waals surface area contributed by atoms with Crippen molar-refractivity contribution in [3.8, 4) is 0 Å². The van der Waals surface area contributed by atoms with Crippen molar-refractivity contribution in [2.75, 3.05) is 0 Å². The molecule has 5 nitrogen and oxygen atoms in total. The molecule has 0 aliphatic carbocycles. The van der Waals surface area contributed by atoms with Crippen LogP contribution in [0.3, 0.4) is 0 Å². The van der Waals surface area contributed by atoms with Gasteiger partial charge in [0.2, 0.25) is 0 Å². The fraction of sp³-hybridized carbons (Fsp3) is 0.692. The minimum Gasteiger partial charge on any atom is -0.480 e. The largest absolute Gasteiger partial charge is 0.480 e. The van der Waals surface area contributed by atoms with Crippen LogP contribution in [-0.4, -0.2) is 28.8 Å². The highest BCUT2D eigenvalue weighted by atomic mass is 16.6. The Labute approximate surface area is 108 Å². The van der Waals surface area contributed by atoms with Crippen LogP contribution in [-0.2, 0) is 9.53 Å². The molecule has 0 saturated heterocycles. The number of rotatable bonds is 6. The van der Waals surface area contributed by atoms with Gasteiger partial charge in [-0.15, -0.1) is 0 Å². The summed E-state index contributed by atoms with van der Waals surface area (Å²) in [7, 11) is 0. The Morgan fingerprint density at radius 3 is 2.44 bits per heavy atom. The zero-order valence-electron chi connectivity index (χ0n) is 11.5. The summed E-state index contributed by atoms with van der Waals surface area (Å²) in [5.41, 5.74) is -0.627. The van der Waals surface area contributed by atoms with Gasteiger partial charge < -0.3 is 15.2 Å². The molecule has 18 heavy (non-hydrogen) atoms. The van der Waals surface area contributed by atoms with E-state index >= 15 is 0 Å². The minimum absolute atomic E-state index is 0.388. The zero-order chi connectivity index (χ0) is 14.2. The highest BCUT2D eigenvalue weighted by Crippen LogP contribution is 2.08. The fourth-order valence-electron chi connectivity index (χ4n) is 1.31. The van der Waals surface area contributed by atoms with Gasteiger partial charge in [-0.05, 0) is 47.0 Å². The lowest BCUT2D eigenvalue weighted by molar-refractivity contribution is -0.139. The maximum atomic E-state index is 11.5. The van der Waals surface area contributed by atoms with Crippen LogP contribution < -0.4 is 5.32 Å². The number of carboxylic acid groups (broad SMARTS) is 1. The number of nitrogens with one attached hydrogen (secondary N) is 1. The van der Waals surface area contributed by atoms with Crippen LogP contribution in [0.25, 0.3) is 0 Å². The van der Waals surface area contributed by atoms with E-state index in [4.69, 9.17) is 9.84 Å². The summed E-state index contributed by atoms with van der Waals surface area (Å²) in [6.07, 6.45) is 5.08. The molecule has 0 radical (unpaired) electrons. The summed E-state index contributed by atoms with van der Waals surface area (Å²) >= 11 is 0. The molecular weight excluding hydrogens is 234 g/mol. The van der Waals surface area contributed by atoms with Gasteiger partial charge in [0.15, 0.2) is 0 Å². The van der Waals surface area contributed by atoms with Crippen molar-refractivity contribution in [2.24, 2.45) is 0 Å². The van der Waals surface area contributed by atoms with Crippen LogP contribution in [0.15, 0.2) is 12.2 Å². The molecule has 0 aromatic heterocycles. The van der Waals surface area contributed by atoms with Crippen molar-refractivity contribution in [1.82, 2.24) is 5.32 Å². The van der Waals surface area contributed by atoms with E-state index in [9.17, 15) is 9.59 Å². The quantitative estimate of drug-likeness (QED) is 0.566. The second kappa shape index (κ2) is 7.74. The number of unbranched alkanes of at least 4 members (excludes halogenated alkanes) is 1. The molecule has 0 aromatic carbocycles. The molecule has 1 atom stereocenters. The van der Waals surface area contributed by atoms with E-state index in [2.05, 4.69) is 5.32 Å². The smallest absolute Gasteiger partial charge is 0.408 e. The van der Waals surface area contributed by atoms with E-state index in [-0.39, 0.29) is 0 Å². The van der Waals surface area contributed by atoms with E-state index in [1.807, 2.05) is 19.1 Å². The first-order valence-electron chi connectivity index (χ1n) is 6.09. The van der Waals surface area contributed by atoms with E-state index < -0.39 is 23.7 Å². The Morgan fingerprint density at radius 1 is 1.39 bits per heavy atom. The standard InChI is InChI=1S/C13H23NO4/c1-5-6-7-8-9-10(11(15)16)14-12(17)18-13(2,3)4/h5-6,10H,7-9H2,1-4H3,(H,14,17)(H,15,16)/b6-5+/t10-/m1/s1. The van der Waals surface area contributed by atoms with Crippen molar-refractivity contribution in [3.63, 3.8) is 0 Å². The summed E-state index contributed by atoms with van der Waals surface area (Å²) in [5, 5.41) is 11.4. The molecular formula is C13H23NO4. The lowest BCUT2D eigenvalue weighted by Gasteiger charge is -2.21. The van der Waals surface area contributed by atoms with Crippen molar-refractivity contribution in [2.45, 2.75) is 58.6 Å². The first kappa shape index (κ1) is 16.5. The third-order valence-corrected chi connectivity index (χ3v) is 2.09. The first-order valence-corrected chi connectivity index (χ1v) is 6.09. The number of aliphatic carboxylic acids is 1. The molecule has 0 aliphatic heterocycles. The number of amides is 1. The third-order valence-electron chi connectivity index (χ3n) is 2.09. The van der Waals surface area contributed by atoms with E-state index in [1.165, 1.54) is 0 Å². The second-order valence-electron chi connectivity index (χ2n) is 5.04. The fourth-order valence-corrected chi connectivity index (χ4v) is 1.31. The second-order valence-corrected chi connectivity index (χ2v) is 5.04. The number of alkyl carbamates (subject to hydrolysis) is 1. The number of allylic oxidation sites excluding steroid dienone is 2. The molecule has 104 valence electrons. The van der Waals surface area contributed by atoms with E-state index in [1.54, 1.807) is 20.8 Å². The molecule has 0 spiro atoms. The summed E-state index contributed by atoms with van der Waals surface area (Å²) in [6, 6.07) is -0.898. The van der Waals surface area contributed by atoms with Crippen LogP contribution in [0, 0.1) is 0 Å². The van der Waals surface area contributed by atoms with Crippen LogP contribution >= 0.6 is 0 Å². The van der Waals surface area contributed by atoms with Crippen molar-refractivity contribution in [1.29, 1.82) is 0 Å². The zero-order valence-corrected chi connectivity index (χ0v) is 11.5. The molecule has 0 fully saturated rings. The maximum absolute atomic E-state index is 11.5. The summed E-state index contributed by atoms with van der Waals surface area (Å²) in [4.78, 5) is 22.4. The molecule has 2 N–H and O–H groups in total. The number of hydrogen-bond acceptors (Lipinski definition) is 3. The normalized spacial score (nSPS) is 13.3. The monoisotopic (exact) mass is 257 g/mol. The van der Waals surface area contributed by atoms with Crippen LogP contribution in [0.4, 0.5) is 4.79 Å². The van der Waals surface area contributed by atoms with Gasteiger partial charge >= 0.3 is 12.1 Å². The molecule has 0 aromatic rings. The van der Waals surface area contributed by atoms with Crippen molar-refractivity contribution < 1.29 is 19.4 Å².